The molecule has 6 heteroatoms. The summed E-state index contributed by atoms with van der Waals surface area (Å²) in [7, 11) is 0. The highest BCUT2D eigenvalue weighted by Gasteiger charge is 2.15. The lowest BCUT2D eigenvalue weighted by atomic mass is 10.2. The standard InChI is InChI=1S/C9H13N3OS2/c1-5-4-15-7(12-5)3-11-9(13)6(2)8(10)14/h4,6H,3H2,1-2H3,(H2,10,14)(H,11,13). The van der Waals surface area contributed by atoms with Crippen LogP contribution in [0.3, 0.4) is 0 Å². The third kappa shape index (κ3) is 3.56. The van der Waals surface area contributed by atoms with E-state index in [4.69, 9.17) is 18.0 Å². The third-order valence-electron chi connectivity index (χ3n) is 1.90. The van der Waals surface area contributed by atoms with Gasteiger partial charge in [0.05, 0.1) is 17.5 Å². The smallest absolute Gasteiger partial charge is 0.229 e. The van der Waals surface area contributed by atoms with Gasteiger partial charge in [-0.25, -0.2) is 4.98 Å². The molecule has 0 bridgehead atoms. The van der Waals surface area contributed by atoms with Gasteiger partial charge in [0.2, 0.25) is 5.91 Å². The Morgan fingerprint density at radius 3 is 2.93 bits per heavy atom. The third-order valence-corrected chi connectivity index (χ3v) is 3.22. The Hall–Kier alpha value is -1.01. The molecule has 1 heterocycles. The number of aromatic nitrogens is 1. The molecule has 0 radical (unpaired) electrons. The highest BCUT2D eigenvalue weighted by Crippen LogP contribution is 2.08. The number of nitrogens with one attached hydrogen (secondary N) is 1. The van der Waals surface area contributed by atoms with Crippen molar-refractivity contribution >= 4 is 34.5 Å². The SMILES string of the molecule is Cc1csc(CNC(=O)C(C)C(N)=S)n1. The van der Waals surface area contributed by atoms with E-state index < -0.39 is 5.92 Å². The van der Waals surface area contributed by atoms with Crippen LogP contribution in [-0.4, -0.2) is 15.9 Å². The van der Waals surface area contributed by atoms with Crippen LogP contribution in [0.15, 0.2) is 5.38 Å². The minimum absolute atomic E-state index is 0.157. The summed E-state index contributed by atoms with van der Waals surface area (Å²) in [5, 5.41) is 5.56. The van der Waals surface area contributed by atoms with Crippen molar-refractivity contribution in [2.75, 3.05) is 0 Å². The summed E-state index contributed by atoms with van der Waals surface area (Å²) in [6, 6.07) is 0. The highest BCUT2D eigenvalue weighted by atomic mass is 32.1. The van der Waals surface area contributed by atoms with Gasteiger partial charge >= 0.3 is 0 Å². The van der Waals surface area contributed by atoms with Crippen molar-refractivity contribution < 1.29 is 4.79 Å². The number of rotatable bonds is 4. The molecule has 1 unspecified atom stereocenters. The van der Waals surface area contributed by atoms with Gasteiger partial charge < -0.3 is 11.1 Å². The molecule has 1 amide bonds. The van der Waals surface area contributed by atoms with E-state index in [0.717, 1.165) is 10.7 Å². The zero-order chi connectivity index (χ0) is 11.4. The molecule has 0 saturated heterocycles. The van der Waals surface area contributed by atoms with Crippen LogP contribution in [0.2, 0.25) is 0 Å². The van der Waals surface area contributed by atoms with Crippen LogP contribution in [-0.2, 0) is 11.3 Å². The quantitative estimate of drug-likeness (QED) is 0.774. The molecule has 0 spiro atoms. The molecule has 1 aromatic rings. The van der Waals surface area contributed by atoms with Gasteiger partial charge in [0.1, 0.15) is 5.01 Å². The van der Waals surface area contributed by atoms with Gasteiger partial charge in [-0.15, -0.1) is 11.3 Å². The molecule has 3 N–H and O–H groups in total. The molecular weight excluding hydrogens is 230 g/mol. The first-order chi connectivity index (χ1) is 7.00. The second-order valence-corrected chi connectivity index (χ2v) is 4.64. The fourth-order valence-corrected chi connectivity index (χ4v) is 1.75. The van der Waals surface area contributed by atoms with Crippen molar-refractivity contribution in [2.24, 2.45) is 11.7 Å². The number of amides is 1. The number of hydrogen-bond acceptors (Lipinski definition) is 4. The Labute approximate surface area is 97.9 Å². The van der Waals surface area contributed by atoms with Gasteiger partial charge in [0, 0.05) is 11.1 Å². The van der Waals surface area contributed by atoms with Gasteiger partial charge in [-0.2, -0.15) is 0 Å². The molecule has 15 heavy (non-hydrogen) atoms. The zero-order valence-electron chi connectivity index (χ0n) is 8.61. The van der Waals surface area contributed by atoms with Crippen molar-refractivity contribution in [1.82, 2.24) is 10.3 Å². The predicted molar refractivity (Wildman–Crippen MR) is 64.6 cm³/mol. The number of carbonyl (C=O) groups is 1. The van der Waals surface area contributed by atoms with Crippen molar-refractivity contribution in [3.05, 3.63) is 16.1 Å². The molecule has 0 saturated carbocycles. The maximum atomic E-state index is 11.5. The fourth-order valence-electron chi connectivity index (χ4n) is 0.929. The number of hydrogen-bond donors (Lipinski definition) is 2. The summed E-state index contributed by atoms with van der Waals surface area (Å²) in [4.78, 5) is 15.9. The number of thiocarbonyl (C=S) groups is 1. The monoisotopic (exact) mass is 243 g/mol. The van der Waals surface area contributed by atoms with E-state index in [-0.39, 0.29) is 10.9 Å². The topological polar surface area (TPSA) is 68.0 Å². The van der Waals surface area contributed by atoms with E-state index in [1.807, 2.05) is 12.3 Å². The van der Waals surface area contributed by atoms with E-state index in [1.54, 1.807) is 6.92 Å². The van der Waals surface area contributed by atoms with Gasteiger partial charge in [-0.1, -0.05) is 12.2 Å². The summed E-state index contributed by atoms with van der Waals surface area (Å²) in [5.41, 5.74) is 6.33. The average molecular weight is 243 g/mol. The van der Waals surface area contributed by atoms with E-state index in [1.165, 1.54) is 11.3 Å². The molecule has 1 aromatic heterocycles. The van der Waals surface area contributed by atoms with E-state index in [0.29, 0.717) is 6.54 Å². The molecule has 1 atom stereocenters. The Morgan fingerprint density at radius 1 is 1.80 bits per heavy atom. The number of nitrogens with two attached hydrogens (primary N) is 1. The fraction of sp³-hybridized carbons (Fsp3) is 0.444. The van der Waals surface area contributed by atoms with Crippen LogP contribution in [0.1, 0.15) is 17.6 Å². The minimum atomic E-state index is -0.430. The molecule has 0 aliphatic rings. The predicted octanol–water partition coefficient (Wildman–Crippen LogP) is 0.990. The number of nitrogens with zero attached hydrogens (tertiary/aromatic N) is 1. The second kappa shape index (κ2) is 5.18. The molecule has 4 nitrogen and oxygen atoms in total. The minimum Gasteiger partial charge on any atom is -0.393 e. The molecule has 0 aromatic carbocycles. The Morgan fingerprint density at radius 2 is 2.47 bits per heavy atom. The second-order valence-electron chi connectivity index (χ2n) is 3.22. The van der Waals surface area contributed by atoms with E-state index in [9.17, 15) is 4.79 Å². The lowest BCUT2D eigenvalue weighted by Gasteiger charge is -2.08. The van der Waals surface area contributed by atoms with Crippen LogP contribution >= 0.6 is 23.6 Å². The molecule has 0 fully saturated rings. The highest BCUT2D eigenvalue weighted by molar-refractivity contribution is 7.80. The maximum Gasteiger partial charge on any atom is 0.229 e. The summed E-state index contributed by atoms with van der Waals surface area (Å²) >= 11 is 6.26. The summed E-state index contributed by atoms with van der Waals surface area (Å²) in [6.07, 6.45) is 0. The van der Waals surface area contributed by atoms with E-state index in [2.05, 4.69) is 10.3 Å². The Balaban J connectivity index is 2.44. The van der Waals surface area contributed by atoms with Crippen molar-refractivity contribution in [2.45, 2.75) is 20.4 Å². The van der Waals surface area contributed by atoms with E-state index >= 15 is 0 Å². The number of carbonyl (C=O) groups excluding carboxylic acids is 1. The summed E-state index contributed by atoms with van der Waals surface area (Å²) in [5.74, 6) is -0.587. The van der Waals surface area contributed by atoms with Crippen LogP contribution in [0.4, 0.5) is 0 Å². The van der Waals surface area contributed by atoms with Gasteiger partial charge in [-0.05, 0) is 13.8 Å². The molecule has 0 aliphatic heterocycles. The molecular formula is C9H13N3OS2. The summed E-state index contributed by atoms with van der Waals surface area (Å²) in [6.45, 7) is 4.04. The van der Waals surface area contributed by atoms with Crippen LogP contribution in [0.25, 0.3) is 0 Å². The summed E-state index contributed by atoms with van der Waals surface area (Å²) < 4.78 is 0. The van der Waals surface area contributed by atoms with Gasteiger partial charge in [0.25, 0.3) is 0 Å². The first-order valence-electron chi connectivity index (χ1n) is 4.48. The van der Waals surface area contributed by atoms with Crippen molar-refractivity contribution in [3.63, 3.8) is 0 Å². The number of thiazole rings is 1. The molecule has 0 aliphatic carbocycles. The van der Waals surface area contributed by atoms with Crippen LogP contribution < -0.4 is 11.1 Å². The first kappa shape index (κ1) is 12.1. The normalized spacial score (nSPS) is 12.1. The van der Waals surface area contributed by atoms with Crippen molar-refractivity contribution in [3.8, 4) is 0 Å². The molecule has 1 rings (SSSR count). The largest absolute Gasteiger partial charge is 0.393 e. The number of aryl methyl sites for hydroxylation is 1. The average Bonchev–Trinajstić information content (AvgIpc) is 2.59. The van der Waals surface area contributed by atoms with Gasteiger partial charge in [0.15, 0.2) is 0 Å². The van der Waals surface area contributed by atoms with Crippen molar-refractivity contribution in [1.29, 1.82) is 0 Å². The first-order valence-corrected chi connectivity index (χ1v) is 5.77. The Bertz CT molecular complexity index is 375. The van der Waals surface area contributed by atoms with Gasteiger partial charge in [-0.3, -0.25) is 4.79 Å². The van der Waals surface area contributed by atoms with Crippen LogP contribution in [0, 0.1) is 12.8 Å². The molecule has 82 valence electrons. The van der Waals surface area contributed by atoms with Crippen LogP contribution in [0.5, 0.6) is 0 Å². The zero-order valence-corrected chi connectivity index (χ0v) is 10.2. The lowest BCUT2D eigenvalue weighted by Crippen LogP contribution is -2.35. The Kier molecular flexibility index (Phi) is 4.16. The lowest BCUT2D eigenvalue weighted by molar-refractivity contribution is -0.122. The maximum absolute atomic E-state index is 11.5.